The Morgan fingerprint density at radius 1 is 0.902 bits per heavy atom. The molecule has 10 heteroatoms. The molecule has 5 rings (SSSR count). The van der Waals surface area contributed by atoms with Crippen molar-refractivity contribution in [1.29, 1.82) is 0 Å². The van der Waals surface area contributed by atoms with Crippen molar-refractivity contribution >= 4 is 28.9 Å². The molecule has 6 nitrogen and oxygen atoms in total. The van der Waals surface area contributed by atoms with Gasteiger partial charge in [-0.15, -0.1) is 0 Å². The van der Waals surface area contributed by atoms with Crippen LogP contribution in [0.1, 0.15) is 22.3 Å². The Bertz CT molecular complexity index is 1600. The zero-order chi connectivity index (χ0) is 28.9. The van der Waals surface area contributed by atoms with E-state index in [0.717, 1.165) is 49.4 Å². The van der Waals surface area contributed by atoms with Crippen LogP contribution >= 0.6 is 23.2 Å². The molecule has 0 bridgehead atoms. The molecule has 0 spiro atoms. The molecule has 212 valence electrons. The van der Waals surface area contributed by atoms with E-state index >= 15 is 0 Å². The highest BCUT2D eigenvalue weighted by Gasteiger charge is 2.19. The van der Waals surface area contributed by atoms with Crippen LogP contribution in [-0.2, 0) is 18.0 Å². The number of likely N-dealkylation sites (N-methyl/N-ethyl adjacent to an activating group) is 1. The summed E-state index contributed by atoms with van der Waals surface area (Å²) in [6, 6.07) is 18.9. The van der Waals surface area contributed by atoms with Crippen LogP contribution in [0, 0.1) is 11.6 Å². The zero-order valence-electron chi connectivity index (χ0n) is 22.4. The average Bonchev–Trinajstić information content (AvgIpc) is 2.94. The second-order valence-corrected chi connectivity index (χ2v) is 10.8. The third-order valence-corrected chi connectivity index (χ3v) is 7.50. The molecule has 4 aromatic rings. The SMILES string of the molecule is CN1CCN(Cc2cc(Cl)c(-n3cc(C(=NOCc4ccccc4)c4ccc(F)cc4F)ccc3=O)c(Cl)c2)CC1. The molecule has 1 aromatic heterocycles. The fourth-order valence-corrected chi connectivity index (χ4v) is 5.40. The van der Waals surface area contributed by atoms with E-state index in [9.17, 15) is 13.6 Å². The number of oxime groups is 1. The van der Waals surface area contributed by atoms with Gasteiger partial charge in [-0.3, -0.25) is 14.3 Å². The first-order chi connectivity index (χ1) is 19.8. The van der Waals surface area contributed by atoms with Gasteiger partial charge < -0.3 is 9.74 Å². The van der Waals surface area contributed by atoms with Gasteiger partial charge >= 0.3 is 0 Å². The second-order valence-electron chi connectivity index (χ2n) is 9.94. The maximum atomic E-state index is 14.9. The number of hydrogen-bond donors (Lipinski definition) is 0. The molecule has 0 unspecified atom stereocenters. The molecule has 0 atom stereocenters. The van der Waals surface area contributed by atoms with E-state index in [-0.39, 0.29) is 17.9 Å². The summed E-state index contributed by atoms with van der Waals surface area (Å²) in [5.74, 6) is -1.55. The molecule has 1 fully saturated rings. The van der Waals surface area contributed by atoms with Crippen molar-refractivity contribution in [1.82, 2.24) is 14.4 Å². The summed E-state index contributed by atoms with van der Waals surface area (Å²) in [5.41, 5.74) is 2.12. The summed E-state index contributed by atoms with van der Waals surface area (Å²) in [6.45, 7) is 4.64. The van der Waals surface area contributed by atoms with Gasteiger partial charge in [-0.05, 0) is 48.5 Å². The Kier molecular flexibility index (Phi) is 9.15. The van der Waals surface area contributed by atoms with E-state index < -0.39 is 17.2 Å². The normalized spacial score (nSPS) is 14.8. The van der Waals surface area contributed by atoms with Crippen LogP contribution in [0.5, 0.6) is 0 Å². The van der Waals surface area contributed by atoms with Crippen LogP contribution < -0.4 is 5.56 Å². The van der Waals surface area contributed by atoms with Gasteiger partial charge in [0.15, 0.2) is 0 Å². The monoisotopic (exact) mass is 596 g/mol. The number of aromatic nitrogens is 1. The maximum absolute atomic E-state index is 14.9. The van der Waals surface area contributed by atoms with Crippen LogP contribution in [0.3, 0.4) is 0 Å². The van der Waals surface area contributed by atoms with Crippen molar-refractivity contribution in [3.05, 3.63) is 133 Å². The third-order valence-electron chi connectivity index (χ3n) is 6.92. The Morgan fingerprint density at radius 3 is 2.29 bits per heavy atom. The molecule has 0 radical (unpaired) electrons. The van der Waals surface area contributed by atoms with E-state index in [1.165, 1.54) is 29.0 Å². The summed E-state index contributed by atoms with van der Waals surface area (Å²) in [6.07, 6.45) is 1.48. The molecule has 0 saturated carbocycles. The molecule has 41 heavy (non-hydrogen) atoms. The van der Waals surface area contributed by atoms with Crippen molar-refractivity contribution in [2.75, 3.05) is 33.2 Å². The minimum absolute atomic E-state index is 0.00405. The predicted molar refractivity (Wildman–Crippen MR) is 158 cm³/mol. The van der Waals surface area contributed by atoms with E-state index in [1.54, 1.807) is 12.1 Å². The van der Waals surface area contributed by atoms with Gasteiger partial charge in [0, 0.05) is 62.2 Å². The number of piperazine rings is 1. The molecule has 2 heterocycles. The number of rotatable bonds is 8. The highest BCUT2D eigenvalue weighted by molar-refractivity contribution is 6.37. The largest absolute Gasteiger partial charge is 0.390 e. The molecule has 0 aliphatic carbocycles. The summed E-state index contributed by atoms with van der Waals surface area (Å²) in [5, 5.41) is 4.81. The summed E-state index contributed by atoms with van der Waals surface area (Å²) < 4.78 is 30.0. The number of benzene rings is 3. The number of nitrogens with zero attached hydrogens (tertiary/aromatic N) is 4. The number of hydrogen-bond acceptors (Lipinski definition) is 5. The van der Waals surface area contributed by atoms with Crippen LogP contribution in [0.4, 0.5) is 8.78 Å². The Balaban J connectivity index is 1.50. The first-order valence-corrected chi connectivity index (χ1v) is 13.9. The van der Waals surface area contributed by atoms with E-state index in [0.29, 0.717) is 27.8 Å². The minimum atomic E-state index is -0.825. The fraction of sp³-hybridized carbons (Fsp3) is 0.226. The minimum Gasteiger partial charge on any atom is -0.390 e. The highest BCUT2D eigenvalue weighted by atomic mass is 35.5. The van der Waals surface area contributed by atoms with Gasteiger partial charge in [0.1, 0.15) is 24.0 Å². The molecule has 1 aliphatic rings. The predicted octanol–water partition coefficient (Wildman–Crippen LogP) is 6.14. The van der Waals surface area contributed by atoms with Crippen LogP contribution in [0.15, 0.2) is 88.9 Å². The van der Waals surface area contributed by atoms with Gasteiger partial charge in [0.2, 0.25) is 0 Å². The molecule has 1 aliphatic heterocycles. The van der Waals surface area contributed by atoms with Gasteiger partial charge in [-0.2, -0.15) is 0 Å². The molecule has 3 aromatic carbocycles. The Labute approximate surface area is 247 Å². The van der Waals surface area contributed by atoms with Crippen molar-refractivity contribution in [2.24, 2.45) is 5.16 Å². The first-order valence-electron chi connectivity index (χ1n) is 13.1. The van der Waals surface area contributed by atoms with Gasteiger partial charge in [0.25, 0.3) is 5.56 Å². The topological polar surface area (TPSA) is 50.1 Å². The van der Waals surface area contributed by atoms with Crippen LogP contribution in [-0.4, -0.2) is 53.3 Å². The van der Waals surface area contributed by atoms with Crippen molar-refractivity contribution in [2.45, 2.75) is 13.2 Å². The summed E-state index contributed by atoms with van der Waals surface area (Å²) >= 11 is 13.4. The smallest absolute Gasteiger partial charge is 0.255 e. The van der Waals surface area contributed by atoms with Crippen molar-refractivity contribution in [3.8, 4) is 5.69 Å². The summed E-state index contributed by atoms with van der Waals surface area (Å²) in [7, 11) is 2.10. The first kappa shape index (κ1) is 29.0. The van der Waals surface area contributed by atoms with E-state index in [2.05, 4.69) is 22.0 Å². The van der Waals surface area contributed by atoms with Crippen LogP contribution in [0.2, 0.25) is 10.0 Å². The Hall–Kier alpha value is -3.56. The lowest BCUT2D eigenvalue weighted by Crippen LogP contribution is -2.43. The lowest BCUT2D eigenvalue weighted by molar-refractivity contribution is 0.131. The molecular weight excluding hydrogens is 569 g/mol. The molecule has 0 N–H and O–H groups in total. The number of pyridine rings is 1. The van der Waals surface area contributed by atoms with Crippen LogP contribution in [0.25, 0.3) is 5.69 Å². The standard InChI is InChI=1S/C31H28Cl2F2N4O2/c1-37-11-13-38(14-12-37)18-22-15-26(32)31(27(33)16-22)39-19-23(7-10-29(39)40)30(25-9-8-24(34)17-28(25)35)36-41-20-21-5-3-2-4-6-21/h2-10,15-17,19H,11-14,18,20H2,1H3. The fourth-order valence-electron chi connectivity index (χ4n) is 4.69. The van der Waals surface area contributed by atoms with E-state index in [1.807, 2.05) is 30.3 Å². The average molecular weight is 597 g/mol. The third kappa shape index (κ3) is 7.02. The Morgan fingerprint density at radius 2 is 1.61 bits per heavy atom. The highest BCUT2D eigenvalue weighted by Crippen LogP contribution is 2.31. The maximum Gasteiger partial charge on any atom is 0.255 e. The lowest BCUT2D eigenvalue weighted by Gasteiger charge is -2.32. The summed E-state index contributed by atoms with van der Waals surface area (Å²) in [4.78, 5) is 23.2. The quantitative estimate of drug-likeness (QED) is 0.181. The molecule has 1 saturated heterocycles. The van der Waals surface area contributed by atoms with Gasteiger partial charge in [-0.1, -0.05) is 58.7 Å². The lowest BCUT2D eigenvalue weighted by atomic mass is 10.0. The second kappa shape index (κ2) is 13.0. The van der Waals surface area contributed by atoms with Crippen molar-refractivity contribution < 1.29 is 13.6 Å². The van der Waals surface area contributed by atoms with Gasteiger partial charge in [0.05, 0.1) is 15.7 Å². The molecular formula is C31H28Cl2F2N4O2. The zero-order valence-corrected chi connectivity index (χ0v) is 23.9. The molecule has 0 amide bonds. The number of halogens is 4. The van der Waals surface area contributed by atoms with Gasteiger partial charge in [-0.25, -0.2) is 8.78 Å². The van der Waals surface area contributed by atoms with E-state index in [4.69, 9.17) is 28.0 Å². The van der Waals surface area contributed by atoms with Crippen molar-refractivity contribution in [3.63, 3.8) is 0 Å².